The molecule has 0 aliphatic carbocycles. The molecule has 4 nitrogen and oxygen atoms in total. The average molecular weight is 292 g/mol. The lowest BCUT2D eigenvalue weighted by atomic mass is 10.2. The molecular weight excluding hydrogens is 285 g/mol. The molecule has 0 aliphatic heterocycles. The number of imidazole rings is 1. The largest absolute Gasteiger partial charge is 0.423 e. The van der Waals surface area contributed by atoms with Gasteiger partial charge in [0.2, 0.25) is 0 Å². The number of esters is 1. The Labute approximate surface area is 116 Å². The van der Waals surface area contributed by atoms with Gasteiger partial charge in [-0.15, -0.1) is 0 Å². The zero-order valence-electron chi connectivity index (χ0n) is 10.4. The van der Waals surface area contributed by atoms with Crippen molar-refractivity contribution in [3.05, 3.63) is 59.7 Å². The molecule has 21 heavy (non-hydrogen) atoms. The number of carbonyl (C=O) groups excluding carboxylic acids is 1. The number of hydrogen-bond acceptors (Lipinski definition) is 3. The van der Waals surface area contributed by atoms with E-state index in [0.717, 1.165) is 6.07 Å². The summed E-state index contributed by atoms with van der Waals surface area (Å²) in [5.41, 5.74) is 0.596. The molecule has 0 unspecified atom stereocenters. The predicted molar refractivity (Wildman–Crippen MR) is 67.4 cm³/mol. The Kier molecular flexibility index (Phi) is 3.09. The molecule has 0 aliphatic rings. The van der Waals surface area contributed by atoms with Crippen LogP contribution in [0.15, 0.2) is 36.7 Å². The second-order valence-electron chi connectivity index (χ2n) is 4.19. The molecular formula is C14H7F3N2O2. The van der Waals surface area contributed by atoms with Gasteiger partial charge in [0, 0.05) is 6.07 Å². The number of halogens is 3. The number of fused-ring (bicyclic) bond motifs is 1. The minimum atomic E-state index is -1.71. The summed E-state index contributed by atoms with van der Waals surface area (Å²) in [6.45, 7) is 0. The maximum atomic E-state index is 13.5. The van der Waals surface area contributed by atoms with Crippen LogP contribution >= 0.6 is 0 Å². The topological polar surface area (TPSA) is 55.0 Å². The SMILES string of the molecule is O=C(Oc1ccc2nc[nH]c2c1)c1ccc(F)c(F)c1F. The molecule has 2 aromatic carbocycles. The number of rotatable bonds is 2. The average Bonchev–Trinajstić information content (AvgIpc) is 2.92. The van der Waals surface area contributed by atoms with E-state index >= 15 is 0 Å². The molecule has 0 saturated heterocycles. The van der Waals surface area contributed by atoms with Crippen LogP contribution in [-0.4, -0.2) is 15.9 Å². The van der Waals surface area contributed by atoms with E-state index in [1.165, 1.54) is 18.5 Å². The highest BCUT2D eigenvalue weighted by Gasteiger charge is 2.20. The van der Waals surface area contributed by atoms with Crippen molar-refractivity contribution in [1.82, 2.24) is 9.97 Å². The van der Waals surface area contributed by atoms with Crippen molar-refractivity contribution in [3.63, 3.8) is 0 Å². The van der Waals surface area contributed by atoms with Crippen LogP contribution in [0, 0.1) is 17.5 Å². The second kappa shape index (κ2) is 4.93. The Morgan fingerprint density at radius 1 is 1.10 bits per heavy atom. The molecule has 3 rings (SSSR count). The predicted octanol–water partition coefficient (Wildman–Crippen LogP) is 3.20. The molecule has 1 aromatic heterocycles. The monoisotopic (exact) mass is 292 g/mol. The number of ether oxygens (including phenoxy) is 1. The fourth-order valence-electron chi connectivity index (χ4n) is 1.82. The van der Waals surface area contributed by atoms with Crippen LogP contribution < -0.4 is 4.74 Å². The highest BCUT2D eigenvalue weighted by atomic mass is 19.2. The summed E-state index contributed by atoms with van der Waals surface area (Å²) < 4.78 is 44.3. The highest BCUT2D eigenvalue weighted by molar-refractivity contribution is 5.91. The number of benzene rings is 2. The van der Waals surface area contributed by atoms with Crippen molar-refractivity contribution in [1.29, 1.82) is 0 Å². The number of hydrogen-bond donors (Lipinski definition) is 1. The van der Waals surface area contributed by atoms with Gasteiger partial charge in [0.1, 0.15) is 5.75 Å². The zero-order valence-corrected chi connectivity index (χ0v) is 10.4. The highest BCUT2D eigenvalue weighted by Crippen LogP contribution is 2.21. The number of aromatic nitrogens is 2. The van der Waals surface area contributed by atoms with Crippen molar-refractivity contribution < 1.29 is 22.7 Å². The first-order valence-corrected chi connectivity index (χ1v) is 5.85. The van der Waals surface area contributed by atoms with E-state index < -0.39 is 29.0 Å². The van der Waals surface area contributed by atoms with Gasteiger partial charge in [-0.3, -0.25) is 0 Å². The van der Waals surface area contributed by atoms with Crippen molar-refractivity contribution in [2.24, 2.45) is 0 Å². The summed E-state index contributed by atoms with van der Waals surface area (Å²) in [4.78, 5) is 18.6. The van der Waals surface area contributed by atoms with Crippen LogP contribution in [0.2, 0.25) is 0 Å². The van der Waals surface area contributed by atoms with Crippen LogP contribution in [0.1, 0.15) is 10.4 Å². The zero-order chi connectivity index (χ0) is 15.0. The molecule has 106 valence electrons. The van der Waals surface area contributed by atoms with Gasteiger partial charge in [-0.25, -0.2) is 22.9 Å². The first-order valence-electron chi connectivity index (χ1n) is 5.85. The molecule has 0 fully saturated rings. The minimum Gasteiger partial charge on any atom is -0.423 e. The van der Waals surface area contributed by atoms with Gasteiger partial charge in [0.15, 0.2) is 17.5 Å². The van der Waals surface area contributed by atoms with E-state index in [1.54, 1.807) is 6.07 Å². The van der Waals surface area contributed by atoms with Crippen molar-refractivity contribution >= 4 is 17.0 Å². The molecule has 0 radical (unpaired) electrons. The second-order valence-corrected chi connectivity index (χ2v) is 4.19. The maximum absolute atomic E-state index is 13.5. The Morgan fingerprint density at radius 2 is 1.90 bits per heavy atom. The smallest absolute Gasteiger partial charge is 0.346 e. The van der Waals surface area contributed by atoms with Crippen LogP contribution in [0.25, 0.3) is 11.0 Å². The third-order valence-corrected chi connectivity index (χ3v) is 2.86. The van der Waals surface area contributed by atoms with E-state index in [2.05, 4.69) is 9.97 Å². The summed E-state index contributed by atoms with van der Waals surface area (Å²) in [5.74, 6) is -5.66. The minimum absolute atomic E-state index is 0.126. The van der Waals surface area contributed by atoms with E-state index in [4.69, 9.17) is 4.74 Å². The Hall–Kier alpha value is -2.83. The van der Waals surface area contributed by atoms with Gasteiger partial charge in [-0.2, -0.15) is 0 Å². The molecule has 0 amide bonds. The van der Waals surface area contributed by atoms with Gasteiger partial charge in [-0.05, 0) is 24.3 Å². The van der Waals surface area contributed by atoms with Crippen LogP contribution in [0.5, 0.6) is 5.75 Å². The number of H-pyrrole nitrogens is 1. The van der Waals surface area contributed by atoms with Crippen molar-refractivity contribution in [2.45, 2.75) is 0 Å². The fourth-order valence-corrected chi connectivity index (χ4v) is 1.82. The molecule has 1 N–H and O–H groups in total. The number of carbonyl (C=O) groups is 1. The van der Waals surface area contributed by atoms with Crippen LogP contribution in [-0.2, 0) is 0 Å². The normalized spacial score (nSPS) is 10.8. The molecule has 3 aromatic rings. The third-order valence-electron chi connectivity index (χ3n) is 2.86. The number of aromatic amines is 1. The van der Waals surface area contributed by atoms with Gasteiger partial charge >= 0.3 is 5.97 Å². The first kappa shape index (κ1) is 13.2. The Morgan fingerprint density at radius 3 is 2.71 bits per heavy atom. The molecule has 7 heteroatoms. The van der Waals surface area contributed by atoms with E-state index in [0.29, 0.717) is 17.1 Å². The maximum Gasteiger partial charge on any atom is 0.346 e. The fraction of sp³-hybridized carbons (Fsp3) is 0. The summed E-state index contributed by atoms with van der Waals surface area (Å²) in [7, 11) is 0. The van der Waals surface area contributed by atoms with Crippen LogP contribution in [0.4, 0.5) is 13.2 Å². The van der Waals surface area contributed by atoms with E-state index in [-0.39, 0.29) is 5.75 Å². The van der Waals surface area contributed by atoms with Gasteiger partial charge in [-0.1, -0.05) is 0 Å². The number of nitrogens with one attached hydrogen (secondary N) is 1. The van der Waals surface area contributed by atoms with Gasteiger partial charge < -0.3 is 9.72 Å². The summed E-state index contributed by atoms with van der Waals surface area (Å²) in [6, 6.07) is 6.02. The quantitative estimate of drug-likeness (QED) is 0.448. The summed E-state index contributed by atoms with van der Waals surface area (Å²) >= 11 is 0. The third kappa shape index (κ3) is 2.33. The standard InChI is InChI=1S/C14H7F3N2O2/c15-9-3-2-8(12(16)13(9)17)14(20)21-7-1-4-10-11(5-7)19-6-18-10/h1-6H,(H,18,19). The van der Waals surface area contributed by atoms with Crippen LogP contribution in [0.3, 0.4) is 0 Å². The van der Waals surface area contributed by atoms with E-state index in [1.807, 2.05) is 0 Å². The van der Waals surface area contributed by atoms with Gasteiger partial charge in [0.25, 0.3) is 0 Å². The Balaban J connectivity index is 1.90. The molecule has 1 heterocycles. The summed E-state index contributed by atoms with van der Waals surface area (Å²) in [5, 5.41) is 0. The molecule has 0 bridgehead atoms. The van der Waals surface area contributed by atoms with Gasteiger partial charge in [0.05, 0.1) is 22.9 Å². The molecule has 0 atom stereocenters. The lowest BCUT2D eigenvalue weighted by Gasteiger charge is -2.06. The Bertz CT molecular complexity index is 845. The lowest BCUT2D eigenvalue weighted by molar-refractivity contribution is 0.0728. The molecule has 0 spiro atoms. The van der Waals surface area contributed by atoms with Crippen molar-refractivity contribution in [3.8, 4) is 5.75 Å². The lowest BCUT2D eigenvalue weighted by Crippen LogP contribution is -2.12. The first-order chi connectivity index (χ1) is 10.1. The molecule has 0 saturated carbocycles. The van der Waals surface area contributed by atoms with E-state index in [9.17, 15) is 18.0 Å². The summed E-state index contributed by atoms with van der Waals surface area (Å²) in [6.07, 6.45) is 1.46. The number of nitrogens with zero attached hydrogens (tertiary/aromatic N) is 1. The van der Waals surface area contributed by atoms with Crippen molar-refractivity contribution in [2.75, 3.05) is 0 Å².